The molecule has 0 spiro atoms. The Morgan fingerprint density at radius 2 is 1.72 bits per heavy atom. The number of aliphatic imine (C=N–C) groups is 1. The van der Waals surface area contributed by atoms with Crippen molar-refractivity contribution in [2.75, 3.05) is 13.2 Å². The van der Waals surface area contributed by atoms with Gasteiger partial charge in [0.2, 0.25) is 5.17 Å². The van der Waals surface area contributed by atoms with Crippen LogP contribution < -0.4 is 9.47 Å². The maximum Gasteiger partial charge on any atom is 0.283 e. The minimum Gasteiger partial charge on any atom is -0.490 e. The Hall–Kier alpha value is -3.88. The molecule has 1 amide bonds. The molecule has 36 heavy (non-hydrogen) atoms. The van der Waals surface area contributed by atoms with Gasteiger partial charge in [0.05, 0.1) is 10.6 Å². The molecule has 1 N–H and O–H groups in total. The normalized spacial score (nSPS) is 16.1. The van der Waals surface area contributed by atoms with Crippen LogP contribution in [0.2, 0.25) is 5.02 Å². The highest BCUT2D eigenvalue weighted by molar-refractivity contribution is 8.27. The maximum atomic E-state index is 12.7. The Bertz CT molecular complexity index is 1430. The highest BCUT2D eigenvalue weighted by atomic mass is 35.5. The summed E-state index contributed by atoms with van der Waals surface area (Å²) in [4.78, 5) is 16.8. The first-order chi connectivity index (χ1) is 17.5. The third kappa shape index (κ3) is 5.05. The van der Waals surface area contributed by atoms with Gasteiger partial charge in [-0.25, -0.2) is 0 Å². The van der Waals surface area contributed by atoms with Crippen LogP contribution in [0.5, 0.6) is 11.5 Å². The van der Waals surface area contributed by atoms with Gasteiger partial charge in [0.15, 0.2) is 5.84 Å². The number of para-hydroxylation sites is 1. The fraction of sp³-hybridized carbons (Fsp3) is 0.111. The van der Waals surface area contributed by atoms with Crippen LogP contribution in [-0.2, 0) is 4.79 Å². The van der Waals surface area contributed by atoms with Crippen molar-refractivity contribution in [2.24, 2.45) is 10.1 Å². The number of hydrazone groups is 1. The number of aryl methyl sites for hydroxylation is 1. The first kappa shape index (κ1) is 23.8. The Balaban J connectivity index is 1.24. The van der Waals surface area contributed by atoms with Gasteiger partial charge in [0.25, 0.3) is 5.91 Å². The Morgan fingerprint density at radius 1 is 1.00 bits per heavy atom. The molecule has 0 saturated carbocycles. The summed E-state index contributed by atoms with van der Waals surface area (Å²) in [6.45, 7) is 2.82. The van der Waals surface area contributed by atoms with E-state index in [-0.39, 0.29) is 11.4 Å². The van der Waals surface area contributed by atoms with Crippen LogP contribution in [0.1, 0.15) is 16.7 Å². The Kier molecular flexibility index (Phi) is 6.88. The Morgan fingerprint density at radius 3 is 2.50 bits per heavy atom. The zero-order valence-electron chi connectivity index (χ0n) is 19.3. The first-order valence-electron chi connectivity index (χ1n) is 11.2. The van der Waals surface area contributed by atoms with Crippen molar-refractivity contribution in [1.82, 2.24) is 5.01 Å². The third-order valence-electron chi connectivity index (χ3n) is 5.45. The molecule has 0 bridgehead atoms. The molecule has 7 nitrogen and oxygen atoms in total. The summed E-state index contributed by atoms with van der Waals surface area (Å²) in [5, 5.41) is 15.9. The standard InChI is InChI=1S/C27H21ClN4O3S/c1-17-6-2-5-9-23(17)35-15-14-34-19-12-10-18(11-13-19)16-21-24(29)32-27(30-25(21)33)36-26(31-32)20-7-3-4-8-22(20)28/h2-13,16,29H,14-15H2,1H3/b21-16-,29-24?. The van der Waals surface area contributed by atoms with E-state index in [1.54, 1.807) is 12.1 Å². The largest absolute Gasteiger partial charge is 0.490 e. The molecule has 2 aliphatic heterocycles. The number of ether oxygens (including phenoxy) is 2. The van der Waals surface area contributed by atoms with E-state index in [0.717, 1.165) is 22.4 Å². The lowest BCUT2D eigenvalue weighted by Crippen LogP contribution is -2.35. The molecule has 0 fully saturated rings. The van der Waals surface area contributed by atoms with Crippen LogP contribution in [-0.4, -0.2) is 40.2 Å². The van der Waals surface area contributed by atoms with E-state index < -0.39 is 5.91 Å². The van der Waals surface area contributed by atoms with Crippen molar-refractivity contribution >= 4 is 51.4 Å². The van der Waals surface area contributed by atoms with Crippen LogP contribution in [0.3, 0.4) is 0 Å². The number of amidine groups is 2. The predicted molar refractivity (Wildman–Crippen MR) is 144 cm³/mol. The van der Waals surface area contributed by atoms with Crippen molar-refractivity contribution in [2.45, 2.75) is 6.92 Å². The van der Waals surface area contributed by atoms with E-state index in [4.69, 9.17) is 26.5 Å². The average molecular weight is 517 g/mol. The van der Waals surface area contributed by atoms with Gasteiger partial charge in [-0.2, -0.15) is 15.1 Å². The fourth-order valence-electron chi connectivity index (χ4n) is 3.59. The smallest absolute Gasteiger partial charge is 0.283 e. The summed E-state index contributed by atoms with van der Waals surface area (Å²) in [6, 6.07) is 22.4. The van der Waals surface area contributed by atoms with Gasteiger partial charge in [-0.3, -0.25) is 10.2 Å². The van der Waals surface area contributed by atoms with E-state index in [0.29, 0.717) is 34.2 Å². The number of hydrogen-bond acceptors (Lipinski definition) is 6. The second-order valence-corrected chi connectivity index (χ2v) is 9.30. The minimum atomic E-state index is -0.483. The van der Waals surface area contributed by atoms with Crippen molar-refractivity contribution in [3.05, 3.63) is 100 Å². The number of nitrogens with zero attached hydrogens (tertiary/aromatic N) is 3. The number of rotatable bonds is 7. The zero-order valence-corrected chi connectivity index (χ0v) is 20.8. The van der Waals surface area contributed by atoms with Gasteiger partial charge in [-0.1, -0.05) is 60.1 Å². The van der Waals surface area contributed by atoms with Crippen molar-refractivity contribution in [1.29, 1.82) is 5.41 Å². The van der Waals surface area contributed by atoms with Crippen LogP contribution in [0.4, 0.5) is 0 Å². The molecule has 5 rings (SSSR count). The number of hydrogen-bond donors (Lipinski definition) is 1. The minimum absolute atomic E-state index is 0.0340. The lowest BCUT2D eigenvalue weighted by Gasteiger charge is -2.20. The van der Waals surface area contributed by atoms with Crippen LogP contribution >= 0.6 is 23.4 Å². The summed E-state index contributed by atoms with van der Waals surface area (Å²) in [7, 11) is 0. The molecular formula is C27H21ClN4O3S. The highest BCUT2D eigenvalue weighted by Crippen LogP contribution is 2.33. The third-order valence-corrected chi connectivity index (χ3v) is 6.72. The lowest BCUT2D eigenvalue weighted by atomic mass is 10.1. The first-order valence-corrected chi connectivity index (χ1v) is 12.4. The second kappa shape index (κ2) is 10.4. The number of carbonyl (C=O) groups excluding carboxylic acids is 1. The Labute approximate surface area is 217 Å². The summed E-state index contributed by atoms with van der Waals surface area (Å²) in [6.07, 6.45) is 1.63. The number of amides is 1. The highest BCUT2D eigenvalue weighted by Gasteiger charge is 2.36. The van der Waals surface area contributed by atoms with Crippen molar-refractivity contribution in [3.63, 3.8) is 0 Å². The fourth-order valence-corrected chi connectivity index (χ4v) is 4.80. The monoisotopic (exact) mass is 516 g/mol. The van der Waals surface area contributed by atoms with Gasteiger partial charge in [0, 0.05) is 5.56 Å². The van der Waals surface area contributed by atoms with E-state index in [1.807, 2.05) is 73.7 Å². The van der Waals surface area contributed by atoms with Crippen LogP contribution in [0, 0.1) is 12.3 Å². The molecule has 0 aliphatic carbocycles. The average Bonchev–Trinajstić information content (AvgIpc) is 3.30. The van der Waals surface area contributed by atoms with E-state index >= 15 is 0 Å². The number of halogens is 1. The molecule has 0 radical (unpaired) electrons. The van der Waals surface area contributed by atoms with Gasteiger partial charge >= 0.3 is 0 Å². The molecule has 2 heterocycles. The van der Waals surface area contributed by atoms with E-state index in [1.165, 1.54) is 16.8 Å². The van der Waals surface area contributed by atoms with Gasteiger partial charge < -0.3 is 9.47 Å². The molecule has 0 saturated heterocycles. The summed E-state index contributed by atoms with van der Waals surface area (Å²) in [5.74, 6) is 1.00. The predicted octanol–water partition coefficient (Wildman–Crippen LogP) is 5.77. The number of thioether (sulfide) groups is 1. The quantitative estimate of drug-likeness (QED) is 0.318. The molecule has 0 unspecified atom stereocenters. The summed E-state index contributed by atoms with van der Waals surface area (Å²) < 4.78 is 11.5. The SMILES string of the molecule is Cc1ccccc1OCCOc1ccc(/C=C2/C(=N)N3N=C(c4ccccc4Cl)SC3=NC2=O)cc1. The number of fused-ring (bicyclic) bond motifs is 1. The molecule has 180 valence electrons. The van der Waals surface area contributed by atoms with Gasteiger partial charge in [0.1, 0.15) is 29.8 Å². The summed E-state index contributed by atoms with van der Waals surface area (Å²) >= 11 is 7.50. The molecule has 0 atom stereocenters. The number of nitrogens with one attached hydrogen (secondary N) is 1. The molecule has 3 aromatic carbocycles. The molecule has 0 aromatic heterocycles. The lowest BCUT2D eigenvalue weighted by molar-refractivity contribution is -0.114. The topological polar surface area (TPSA) is 87.3 Å². The molecule has 9 heteroatoms. The molecule has 2 aliphatic rings. The van der Waals surface area contributed by atoms with E-state index in [9.17, 15) is 4.79 Å². The summed E-state index contributed by atoms with van der Waals surface area (Å²) in [5.41, 5.74) is 2.70. The maximum absolute atomic E-state index is 12.7. The van der Waals surface area contributed by atoms with Crippen LogP contribution in [0.15, 0.2) is 88.5 Å². The molecular weight excluding hydrogens is 496 g/mol. The number of carbonyl (C=O) groups is 1. The van der Waals surface area contributed by atoms with Crippen LogP contribution in [0.25, 0.3) is 6.08 Å². The van der Waals surface area contributed by atoms with Gasteiger partial charge in [-0.15, -0.1) is 0 Å². The van der Waals surface area contributed by atoms with E-state index in [2.05, 4.69) is 10.1 Å². The molecule has 3 aromatic rings. The van der Waals surface area contributed by atoms with Gasteiger partial charge in [-0.05, 0) is 60.2 Å². The van der Waals surface area contributed by atoms with Crippen molar-refractivity contribution < 1.29 is 14.3 Å². The van der Waals surface area contributed by atoms with Crippen molar-refractivity contribution in [3.8, 4) is 11.5 Å². The second-order valence-electron chi connectivity index (χ2n) is 7.94. The number of benzene rings is 3. The zero-order chi connectivity index (χ0) is 25.1.